The SMILES string of the molecule is CCN1C(=CC=C=Cc2c(O)n(CC)c(=O)n(CC)c2=O)C=Cc2ccccc21. The number of aromatic nitrogens is 2. The second kappa shape index (κ2) is 8.67. The molecule has 0 radical (unpaired) electrons. The zero-order valence-electron chi connectivity index (χ0n) is 16.9. The van der Waals surface area contributed by atoms with E-state index in [0.717, 1.165) is 28.1 Å². The van der Waals surface area contributed by atoms with E-state index in [9.17, 15) is 14.7 Å². The molecule has 2 heterocycles. The lowest BCUT2D eigenvalue weighted by Gasteiger charge is -2.29. The molecule has 1 aromatic heterocycles. The summed E-state index contributed by atoms with van der Waals surface area (Å²) in [6.45, 7) is 6.88. The van der Waals surface area contributed by atoms with E-state index >= 15 is 0 Å². The summed E-state index contributed by atoms with van der Waals surface area (Å²) in [5.41, 5.74) is 5.28. The van der Waals surface area contributed by atoms with Crippen molar-refractivity contribution in [1.29, 1.82) is 0 Å². The van der Waals surface area contributed by atoms with Crippen LogP contribution in [0.2, 0.25) is 0 Å². The summed E-state index contributed by atoms with van der Waals surface area (Å²) in [6.07, 6.45) is 9.12. The van der Waals surface area contributed by atoms with Crippen LogP contribution in [-0.2, 0) is 13.1 Å². The molecule has 6 nitrogen and oxygen atoms in total. The molecule has 2 aromatic rings. The molecular formula is C23H25N3O3. The van der Waals surface area contributed by atoms with Crippen molar-refractivity contribution in [3.63, 3.8) is 0 Å². The van der Waals surface area contributed by atoms with E-state index in [-0.39, 0.29) is 24.5 Å². The van der Waals surface area contributed by atoms with Crippen LogP contribution < -0.4 is 16.1 Å². The minimum Gasteiger partial charge on any atom is -0.494 e. The van der Waals surface area contributed by atoms with Gasteiger partial charge in [-0.2, -0.15) is 0 Å². The molecule has 0 fully saturated rings. The largest absolute Gasteiger partial charge is 0.494 e. The Morgan fingerprint density at radius 3 is 2.41 bits per heavy atom. The second-order valence-electron chi connectivity index (χ2n) is 6.52. The topological polar surface area (TPSA) is 67.5 Å². The van der Waals surface area contributed by atoms with E-state index in [0.29, 0.717) is 0 Å². The second-order valence-corrected chi connectivity index (χ2v) is 6.52. The molecule has 1 aromatic carbocycles. The lowest BCUT2D eigenvalue weighted by Crippen LogP contribution is -2.40. The lowest BCUT2D eigenvalue weighted by molar-refractivity contribution is 0.394. The summed E-state index contributed by atoms with van der Waals surface area (Å²) in [5, 5.41) is 10.3. The van der Waals surface area contributed by atoms with Gasteiger partial charge in [-0.05, 0) is 56.7 Å². The highest BCUT2D eigenvalue weighted by molar-refractivity contribution is 5.76. The van der Waals surface area contributed by atoms with Crippen molar-refractivity contribution in [2.75, 3.05) is 11.4 Å². The Balaban J connectivity index is 1.99. The molecule has 0 amide bonds. The Kier molecular flexibility index (Phi) is 6.05. The fraction of sp³-hybridized carbons (Fsp3) is 0.261. The number of benzene rings is 1. The number of likely N-dealkylation sites (N-methyl/N-ethyl adjacent to an activating group) is 1. The fourth-order valence-electron chi connectivity index (χ4n) is 3.44. The summed E-state index contributed by atoms with van der Waals surface area (Å²) in [5.74, 6) is -0.331. The van der Waals surface area contributed by atoms with Crippen molar-refractivity contribution < 1.29 is 5.11 Å². The van der Waals surface area contributed by atoms with Crippen molar-refractivity contribution in [2.24, 2.45) is 0 Å². The Labute approximate surface area is 169 Å². The zero-order valence-corrected chi connectivity index (χ0v) is 16.9. The maximum atomic E-state index is 12.5. The van der Waals surface area contributed by atoms with Gasteiger partial charge in [0.05, 0.1) is 0 Å². The van der Waals surface area contributed by atoms with Crippen LogP contribution in [0.25, 0.3) is 12.2 Å². The van der Waals surface area contributed by atoms with Crippen molar-refractivity contribution in [2.45, 2.75) is 33.9 Å². The lowest BCUT2D eigenvalue weighted by atomic mass is 10.1. The van der Waals surface area contributed by atoms with Crippen LogP contribution in [-0.4, -0.2) is 20.8 Å². The number of fused-ring (bicyclic) bond motifs is 1. The Bertz CT molecular complexity index is 1160. The summed E-state index contributed by atoms with van der Waals surface area (Å²) >= 11 is 0. The molecule has 0 saturated carbocycles. The van der Waals surface area contributed by atoms with Gasteiger partial charge in [-0.15, -0.1) is 5.73 Å². The van der Waals surface area contributed by atoms with Gasteiger partial charge in [0.25, 0.3) is 5.56 Å². The summed E-state index contributed by atoms with van der Waals surface area (Å²) < 4.78 is 2.28. The van der Waals surface area contributed by atoms with Gasteiger partial charge in [-0.3, -0.25) is 13.9 Å². The first-order chi connectivity index (χ1) is 14.0. The normalized spacial score (nSPS) is 13.9. The summed E-state index contributed by atoms with van der Waals surface area (Å²) in [7, 11) is 0. The smallest absolute Gasteiger partial charge is 0.333 e. The number of hydrogen-bond donors (Lipinski definition) is 1. The molecule has 0 unspecified atom stereocenters. The van der Waals surface area contributed by atoms with Crippen LogP contribution in [0.5, 0.6) is 5.88 Å². The van der Waals surface area contributed by atoms with Gasteiger partial charge in [0.15, 0.2) is 0 Å². The number of hydrogen-bond acceptors (Lipinski definition) is 4. The Morgan fingerprint density at radius 1 is 1.00 bits per heavy atom. The van der Waals surface area contributed by atoms with Gasteiger partial charge in [-0.25, -0.2) is 4.79 Å². The fourth-order valence-corrected chi connectivity index (χ4v) is 3.44. The molecule has 6 heteroatoms. The quantitative estimate of drug-likeness (QED) is 0.794. The highest BCUT2D eigenvalue weighted by atomic mass is 16.3. The molecule has 150 valence electrons. The molecular weight excluding hydrogens is 366 g/mol. The first kappa shape index (κ1) is 20.2. The third kappa shape index (κ3) is 3.75. The third-order valence-corrected chi connectivity index (χ3v) is 4.93. The molecule has 1 N–H and O–H groups in total. The van der Waals surface area contributed by atoms with Gasteiger partial charge in [0.2, 0.25) is 5.88 Å². The van der Waals surface area contributed by atoms with E-state index in [4.69, 9.17) is 0 Å². The first-order valence-corrected chi connectivity index (χ1v) is 9.77. The van der Waals surface area contributed by atoms with Crippen LogP contribution in [0.4, 0.5) is 5.69 Å². The first-order valence-electron chi connectivity index (χ1n) is 9.77. The summed E-state index contributed by atoms with van der Waals surface area (Å²) in [4.78, 5) is 26.9. The van der Waals surface area contributed by atoms with Crippen LogP contribution >= 0.6 is 0 Å². The Hall–Kier alpha value is -3.50. The van der Waals surface area contributed by atoms with E-state index < -0.39 is 11.2 Å². The molecule has 0 saturated heterocycles. The molecule has 1 aliphatic rings. The van der Waals surface area contributed by atoms with Crippen LogP contribution in [0.3, 0.4) is 0 Å². The van der Waals surface area contributed by atoms with Crippen LogP contribution in [0.1, 0.15) is 31.9 Å². The van der Waals surface area contributed by atoms with Crippen LogP contribution in [0.15, 0.2) is 63.5 Å². The number of para-hydroxylation sites is 1. The average molecular weight is 391 g/mol. The van der Waals surface area contributed by atoms with Crippen molar-refractivity contribution >= 4 is 17.8 Å². The number of aromatic hydroxyl groups is 1. The van der Waals surface area contributed by atoms with Gasteiger partial charge in [0, 0.05) is 31.0 Å². The minimum absolute atomic E-state index is 0.0554. The molecule has 0 atom stereocenters. The number of nitrogens with zero attached hydrogens (tertiary/aromatic N) is 3. The third-order valence-electron chi connectivity index (χ3n) is 4.93. The number of anilines is 1. The average Bonchev–Trinajstić information content (AvgIpc) is 2.73. The molecule has 0 spiro atoms. The standard InChI is InChI=1S/C23H25N3O3/c1-4-24-18(16-15-17-11-7-10-14-20(17)24)12-8-9-13-19-21(27)25(5-2)23(29)26(6-3)22(19)28/h7-8,10-16,27H,4-6H2,1-3H3. The van der Waals surface area contributed by atoms with Crippen molar-refractivity contribution in [1.82, 2.24) is 9.13 Å². The molecule has 0 bridgehead atoms. The minimum atomic E-state index is -0.519. The molecule has 1 aliphatic heterocycles. The molecule has 0 aliphatic carbocycles. The van der Waals surface area contributed by atoms with E-state index in [1.54, 1.807) is 19.9 Å². The maximum Gasteiger partial charge on any atom is 0.333 e. The maximum absolute atomic E-state index is 12.5. The van der Waals surface area contributed by atoms with Gasteiger partial charge in [0.1, 0.15) is 5.56 Å². The predicted octanol–water partition coefficient (Wildman–Crippen LogP) is 3.36. The van der Waals surface area contributed by atoms with Gasteiger partial charge >= 0.3 is 5.69 Å². The highest BCUT2D eigenvalue weighted by Gasteiger charge is 2.15. The van der Waals surface area contributed by atoms with E-state index in [1.165, 1.54) is 10.6 Å². The monoisotopic (exact) mass is 391 g/mol. The van der Waals surface area contributed by atoms with Crippen molar-refractivity contribution in [3.8, 4) is 5.88 Å². The van der Waals surface area contributed by atoms with Gasteiger partial charge < -0.3 is 10.0 Å². The number of rotatable bonds is 5. The predicted molar refractivity (Wildman–Crippen MR) is 117 cm³/mol. The Morgan fingerprint density at radius 2 is 1.72 bits per heavy atom. The van der Waals surface area contributed by atoms with E-state index in [1.807, 2.05) is 24.3 Å². The number of allylic oxidation sites excluding steroid dienone is 3. The summed E-state index contributed by atoms with van der Waals surface area (Å²) in [6, 6.07) is 8.18. The van der Waals surface area contributed by atoms with E-state index in [2.05, 4.69) is 35.8 Å². The van der Waals surface area contributed by atoms with Crippen LogP contribution in [0, 0.1) is 0 Å². The molecule has 3 rings (SSSR count). The van der Waals surface area contributed by atoms with Crippen molar-refractivity contribution in [3.05, 3.63) is 85.9 Å². The zero-order chi connectivity index (χ0) is 21.0. The van der Waals surface area contributed by atoms with Gasteiger partial charge in [-0.1, -0.05) is 24.3 Å². The molecule has 29 heavy (non-hydrogen) atoms. The highest BCUT2D eigenvalue weighted by Crippen LogP contribution is 2.30.